The van der Waals surface area contributed by atoms with Gasteiger partial charge in [-0.05, 0) is 31.7 Å². The Hall–Kier alpha value is -1.99. The maximum absolute atomic E-state index is 12.9. The molecule has 23 heavy (non-hydrogen) atoms. The molecule has 0 bridgehead atoms. The lowest BCUT2D eigenvalue weighted by Gasteiger charge is -2.26. The van der Waals surface area contributed by atoms with Gasteiger partial charge in [-0.2, -0.15) is 0 Å². The monoisotopic (exact) mass is 330 g/mol. The fourth-order valence-electron chi connectivity index (χ4n) is 3.37. The summed E-state index contributed by atoms with van der Waals surface area (Å²) < 4.78 is 2.40. The Labute approximate surface area is 136 Å². The summed E-state index contributed by atoms with van der Waals surface area (Å²) in [6.45, 7) is 0. The molecule has 0 unspecified atom stereocenters. The minimum absolute atomic E-state index is 0.00134. The van der Waals surface area contributed by atoms with Gasteiger partial charge in [-0.25, -0.2) is 9.97 Å². The van der Waals surface area contributed by atoms with Gasteiger partial charge in [0.15, 0.2) is 0 Å². The summed E-state index contributed by atoms with van der Waals surface area (Å²) in [6, 6.07) is 2.02. The van der Waals surface area contributed by atoms with E-state index < -0.39 is 0 Å². The van der Waals surface area contributed by atoms with Crippen molar-refractivity contribution in [1.82, 2.24) is 14.5 Å². The zero-order valence-corrected chi connectivity index (χ0v) is 13.6. The maximum atomic E-state index is 12.9. The minimum Gasteiger partial charge on any atom is -0.393 e. The molecule has 0 aromatic carbocycles. The van der Waals surface area contributed by atoms with Gasteiger partial charge in [0, 0.05) is 25.0 Å². The largest absolute Gasteiger partial charge is 0.393 e. The van der Waals surface area contributed by atoms with Crippen molar-refractivity contribution < 1.29 is 5.11 Å². The Kier molecular flexibility index (Phi) is 3.54. The van der Waals surface area contributed by atoms with Crippen molar-refractivity contribution in [2.24, 2.45) is 0 Å². The van der Waals surface area contributed by atoms with Crippen LogP contribution in [0.5, 0.6) is 0 Å². The van der Waals surface area contributed by atoms with Crippen LogP contribution in [0, 0.1) is 0 Å². The van der Waals surface area contributed by atoms with Crippen molar-refractivity contribution in [2.75, 3.05) is 12.4 Å². The lowest BCUT2D eigenvalue weighted by Crippen LogP contribution is -2.29. The minimum atomic E-state index is -0.231. The van der Waals surface area contributed by atoms with Crippen molar-refractivity contribution in [1.29, 1.82) is 0 Å². The van der Waals surface area contributed by atoms with Crippen LogP contribution in [0.2, 0.25) is 0 Å². The third-order valence-corrected chi connectivity index (χ3v) is 5.71. The molecule has 0 atom stereocenters. The molecule has 3 aromatic heterocycles. The third-order valence-electron chi connectivity index (χ3n) is 4.64. The van der Waals surface area contributed by atoms with Gasteiger partial charge >= 0.3 is 0 Å². The first-order chi connectivity index (χ1) is 11.2. The van der Waals surface area contributed by atoms with Gasteiger partial charge in [-0.3, -0.25) is 9.36 Å². The van der Waals surface area contributed by atoms with E-state index in [2.05, 4.69) is 15.3 Å². The summed E-state index contributed by atoms with van der Waals surface area (Å²) in [6.07, 6.45) is 6.29. The second-order valence-corrected chi connectivity index (χ2v) is 6.99. The first-order valence-electron chi connectivity index (χ1n) is 7.83. The summed E-state index contributed by atoms with van der Waals surface area (Å²) in [7, 11) is 1.85. The topological polar surface area (TPSA) is 80.0 Å². The molecule has 0 amide bonds. The number of nitrogens with zero attached hydrogens (tertiary/aromatic N) is 3. The van der Waals surface area contributed by atoms with Gasteiger partial charge in [0.25, 0.3) is 5.56 Å². The van der Waals surface area contributed by atoms with E-state index in [-0.39, 0.29) is 17.7 Å². The zero-order chi connectivity index (χ0) is 16.0. The van der Waals surface area contributed by atoms with Crippen LogP contribution >= 0.6 is 11.3 Å². The number of hydrogen-bond donors (Lipinski definition) is 2. The van der Waals surface area contributed by atoms with Gasteiger partial charge in [0.2, 0.25) is 0 Å². The average molecular weight is 330 g/mol. The zero-order valence-electron chi connectivity index (χ0n) is 12.8. The normalized spacial score (nSPS) is 21.8. The number of aromatic nitrogens is 3. The smallest absolute Gasteiger partial charge is 0.271 e. The van der Waals surface area contributed by atoms with E-state index in [0.29, 0.717) is 4.70 Å². The summed E-state index contributed by atoms with van der Waals surface area (Å²) in [5.74, 6) is 0. The van der Waals surface area contributed by atoms with E-state index in [1.54, 1.807) is 17.1 Å². The second kappa shape index (κ2) is 5.58. The predicted octanol–water partition coefficient (Wildman–Crippen LogP) is 2.52. The molecule has 0 saturated heterocycles. The fraction of sp³-hybridized carbons (Fsp3) is 0.438. The number of aliphatic hydroxyl groups excluding tert-OH is 1. The summed E-state index contributed by atoms with van der Waals surface area (Å²) in [5, 5.41) is 13.7. The van der Waals surface area contributed by atoms with Gasteiger partial charge in [0.05, 0.1) is 23.3 Å². The Morgan fingerprint density at radius 3 is 2.83 bits per heavy atom. The molecule has 4 rings (SSSR count). The molecule has 120 valence electrons. The van der Waals surface area contributed by atoms with E-state index in [4.69, 9.17) is 0 Å². The van der Waals surface area contributed by atoms with Crippen LogP contribution < -0.4 is 10.9 Å². The first-order valence-corrected chi connectivity index (χ1v) is 8.65. The van der Waals surface area contributed by atoms with E-state index in [9.17, 15) is 9.90 Å². The van der Waals surface area contributed by atoms with Gasteiger partial charge in [-0.1, -0.05) is 0 Å². The predicted molar refractivity (Wildman–Crippen MR) is 92.2 cm³/mol. The molecule has 0 radical (unpaired) electrons. The maximum Gasteiger partial charge on any atom is 0.271 e. The standard InChI is InChI=1S/C16H18N4O2S/c1-17-11-6-7-18-15-12(11)13-14(23-15)16(22)20(8-19-13)9-2-4-10(21)5-3-9/h6-10,21H,2-5H2,1H3,(H,17,18). The summed E-state index contributed by atoms with van der Waals surface area (Å²) in [4.78, 5) is 22.7. The highest BCUT2D eigenvalue weighted by Gasteiger charge is 2.23. The number of hydrogen-bond acceptors (Lipinski definition) is 6. The number of pyridine rings is 1. The van der Waals surface area contributed by atoms with Gasteiger partial charge in [-0.15, -0.1) is 11.3 Å². The Balaban J connectivity index is 1.89. The summed E-state index contributed by atoms with van der Waals surface area (Å²) >= 11 is 1.40. The van der Waals surface area contributed by atoms with E-state index in [1.165, 1.54) is 11.3 Å². The molecular weight excluding hydrogens is 312 g/mol. The molecule has 3 aromatic rings. The molecule has 6 nitrogen and oxygen atoms in total. The summed E-state index contributed by atoms with van der Waals surface area (Å²) in [5.41, 5.74) is 1.66. The van der Waals surface area contributed by atoms with E-state index >= 15 is 0 Å². The van der Waals surface area contributed by atoms with Crippen LogP contribution in [0.3, 0.4) is 0 Å². The van der Waals surface area contributed by atoms with Crippen LogP contribution in [0.4, 0.5) is 5.69 Å². The van der Waals surface area contributed by atoms with Crippen LogP contribution in [-0.4, -0.2) is 32.8 Å². The Morgan fingerprint density at radius 2 is 2.09 bits per heavy atom. The van der Waals surface area contributed by atoms with Crippen molar-refractivity contribution in [2.45, 2.75) is 37.8 Å². The number of thiophene rings is 1. The molecule has 1 fully saturated rings. The van der Waals surface area contributed by atoms with E-state index in [0.717, 1.165) is 47.1 Å². The van der Waals surface area contributed by atoms with E-state index in [1.807, 2.05) is 13.1 Å². The molecular formula is C16H18N4O2S. The molecule has 2 N–H and O–H groups in total. The molecule has 7 heteroatoms. The molecule has 0 spiro atoms. The lowest BCUT2D eigenvalue weighted by atomic mass is 9.93. The van der Waals surface area contributed by atoms with Crippen LogP contribution in [-0.2, 0) is 0 Å². The SMILES string of the molecule is CNc1ccnc2sc3c(=O)n(C4CCC(O)CC4)cnc3c12. The van der Waals surface area contributed by atoms with Crippen LogP contribution in [0.25, 0.3) is 20.4 Å². The van der Waals surface area contributed by atoms with Gasteiger partial charge in [0.1, 0.15) is 9.53 Å². The fourth-order valence-corrected chi connectivity index (χ4v) is 4.43. The number of anilines is 1. The van der Waals surface area contributed by atoms with Crippen molar-refractivity contribution in [3.8, 4) is 0 Å². The number of fused-ring (bicyclic) bond motifs is 3. The van der Waals surface area contributed by atoms with Crippen LogP contribution in [0.1, 0.15) is 31.7 Å². The Morgan fingerprint density at radius 1 is 1.30 bits per heavy atom. The highest BCUT2D eigenvalue weighted by Crippen LogP contribution is 2.34. The first kappa shape index (κ1) is 14.6. The molecule has 1 saturated carbocycles. The quantitative estimate of drug-likeness (QED) is 0.755. The average Bonchev–Trinajstić information content (AvgIpc) is 2.96. The molecule has 1 aliphatic carbocycles. The third kappa shape index (κ3) is 2.31. The highest BCUT2D eigenvalue weighted by molar-refractivity contribution is 7.25. The molecule has 0 aliphatic heterocycles. The lowest BCUT2D eigenvalue weighted by molar-refractivity contribution is 0.110. The number of rotatable bonds is 2. The number of nitrogens with one attached hydrogen (secondary N) is 1. The van der Waals surface area contributed by atoms with Crippen LogP contribution in [0.15, 0.2) is 23.4 Å². The molecule has 1 aliphatic rings. The van der Waals surface area contributed by atoms with Gasteiger partial charge < -0.3 is 10.4 Å². The van der Waals surface area contributed by atoms with Crippen molar-refractivity contribution in [3.63, 3.8) is 0 Å². The Bertz CT molecular complexity index is 925. The van der Waals surface area contributed by atoms with Crippen molar-refractivity contribution in [3.05, 3.63) is 28.9 Å². The van der Waals surface area contributed by atoms with Crippen molar-refractivity contribution >= 4 is 37.5 Å². The number of aliphatic hydroxyl groups is 1. The second-order valence-electron chi connectivity index (χ2n) is 5.99. The highest BCUT2D eigenvalue weighted by atomic mass is 32.1. The molecule has 3 heterocycles.